The minimum atomic E-state index is -4.24. The van der Waals surface area contributed by atoms with Gasteiger partial charge in [0.2, 0.25) is 0 Å². The summed E-state index contributed by atoms with van der Waals surface area (Å²) in [6.45, 7) is 0. The summed E-state index contributed by atoms with van der Waals surface area (Å²) in [6, 6.07) is 4.06. The van der Waals surface area contributed by atoms with Gasteiger partial charge in [0.25, 0.3) is 0 Å². The molecular weight excluding hydrogens is 304 g/mol. The Morgan fingerprint density at radius 3 is 2.47 bits per heavy atom. The topological polar surface area (TPSA) is 20.2 Å². The van der Waals surface area contributed by atoms with Crippen LogP contribution in [-0.2, 0) is 0 Å². The zero-order valence-electron chi connectivity index (χ0n) is 8.77. The van der Waals surface area contributed by atoms with E-state index in [-0.39, 0.29) is 18.4 Å². The maximum absolute atomic E-state index is 13.3. The lowest BCUT2D eigenvalue weighted by atomic mass is 10.0. The standard InChI is InChI=1S/C11H11BrF4O/c12-7-3-4-8(9(13)6-7)10(17)2-1-5-11(14,15)16/h3-4,6,10,17H,1-2,5H2. The molecule has 0 fully saturated rings. The fraction of sp³-hybridized carbons (Fsp3) is 0.455. The van der Waals surface area contributed by atoms with Crippen LogP contribution in [0, 0.1) is 5.82 Å². The zero-order valence-corrected chi connectivity index (χ0v) is 10.4. The van der Waals surface area contributed by atoms with Crippen LogP contribution in [0.3, 0.4) is 0 Å². The first-order chi connectivity index (χ1) is 7.79. The van der Waals surface area contributed by atoms with Crippen molar-refractivity contribution >= 4 is 15.9 Å². The Labute approximate surface area is 105 Å². The largest absolute Gasteiger partial charge is 0.389 e. The van der Waals surface area contributed by atoms with Crippen LogP contribution >= 0.6 is 15.9 Å². The second kappa shape index (κ2) is 5.82. The molecule has 1 N–H and O–H groups in total. The summed E-state index contributed by atoms with van der Waals surface area (Å²) < 4.78 is 49.5. The molecule has 0 amide bonds. The molecule has 0 aliphatic carbocycles. The molecule has 1 rings (SSSR count). The van der Waals surface area contributed by atoms with Crippen LogP contribution in [0.1, 0.15) is 30.9 Å². The molecule has 0 aliphatic heterocycles. The minimum absolute atomic E-state index is 0.0235. The average molecular weight is 315 g/mol. The first kappa shape index (κ1) is 14.4. The number of rotatable bonds is 4. The molecule has 0 radical (unpaired) electrons. The maximum atomic E-state index is 13.3. The van der Waals surface area contributed by atoms with Crippen molar-refractivity contribution in [2.24, 2.45) is 0 Å². The third-order valence-corrected chi connectivity index (χ3v) is 2.75. The summed E-state index contributed by atoms with van der Waals surface area (Å²) in [4.78, 5) is 0. The van der Waals surface area contributed by atoms with E-state index in [1.807, 2.05) is 0 Å². The smallest absolute Gasteiger partial charge is 0.388 e. The molecule has 0 heterocycles. The average Bonchev–Trinajstić information content (AvgIpc) is 2.15. The van der Waals surface area contributed by atoms with Gasteiger partial charge < -0.3 is 5.11 Å². The number of benzene rings is 1. The van der Waals surface area contributed by atoms with Crippen LogP contribution in [0.15, 0.2) is 22.7 Å². The van der Waals surface area contributed by atoms with Gasteiger partial charge in [-0.15, -0.1) is 0 Å². The normalized spacial score (nSPS) is 13.8. The Balaban J connectivity index is 2.55. The third kappa shape index (κ3) is 5.04. The molecule has 1 aromatic rings. The van der Waals surface area contributed by atoms with Crippen molar-refractivity contribution < 1.29 is 22.7 Å². The highest BCUT2D eigenvalue weighted by molar-refractivity contribution is 9.10. The van der Waals surface area contributed by atoms with Crippen LogP contribution in [0.4, 0.5) is 17.6 Å². The Morgan fingerprint density at radius 2 is 1.94 bits per heavy atom. The van der Waals surface area contributed by atoms with Crippen molar-refractivity contribution in [1.29, 1.82) is 0 Å². The lowest BCUT2D eigenvalue weighted by molar-refractivity contribution is -0.136. The summed E-state index contributed by atoms with van der Waals surface area (Å²) in [6.07, 6.45) is -6.75. The molecule has 1 aromatic carbocycles. The van der Waals surface area contributed by atoms with Crippen molar-refractivity contribution in [3.63, 3.8) is 0 Å². The van der Waals surface area contributed by atoms with Gasteiger partial charge in [0, 0.05) is 16.5 Å². The molecule has 0 saturated carbocycles. The molecule has 0 aliphatic rings. The van der Waals surface area contributed by atoms with E-state index in [2.05, 4.69) is 15.9 Å². The van der Waals surface area contributed by atoms with Gasteiger partial charge in [0.05, 0.1) is 6.10 Å². The Bertz CT molecular complexity index is 378. The molecule has 17 heavy (non-hydrogen) atoms. The molecule has 1 nitrogen and oxygen atoms in total. The van der Waals surface area contributed by atoms with Crippen molar-refractivity contribution in [2.45, 2.75) is 31.5 Å². The summed E-state index contributed by atoms with van der Waals surface area (Å²) in [5.74, 6) is -0.626. The van der Waals surface area contributed by atoms with E-state index in [1.165, 1.54) is 18.2 Å². The van der Waals surface area contributed by atoms with E-state index in [0.717, 1.165) is 0 Å². The van der Waals surface area contributed by atoms with Gasteiger partial charge in [-0.05, 0) is 25.0 Å². The highest BCUT2D eigenvalue weighted by Crippen LogP contribution is 2.28. The molecule has 1 unspecified atom stereocenters. The van der Waals surface area contributed by atoms with Crippen molar-refractivity contribution in [2.75, 3.05) is 0 Å². The van der Waals surface area contributed by atoms with E-state index in [1.54, 1.807) is 0 Å². The van der Waals surface area contributed by atoms with Crippen LogP contribution in [0.5, 0.6) is 0 Å². The number of alkyl halides is 3. The van der Waals surface area contributed by atoms with E-state index >= 15 is 0 Å². The lowest BCUT2D eigenvalue weighted by Crippen LogP contribution is -2.08. The van der Waals surface area contributed by atoms with Crippen molar-refractivity contribution in [3.8, 4) is 0 Å². The molecule has 0 saturated heterocycles. The van der Waals surface area contributed by atoms with Gasteiger partial charge in [-0.25, -0.2) is 4.39 Å². The fourth-order valence-electron chi connectivity index (χ4n) is 1.42. The third-order valence-electron chi connectivity index (χ3n) is 2.26. The van der Waals surface area contributed by atoms with Gasteiger partial charge in [-0.2, -0.15) is 13.2 Å². The van der Waals surface area contributed by atoms with Crippen molar-refractivity contribution in [1.82, 2.24) is 0 Å². The van der Waals surface area contributed by atoms with Gasteiger partial charge in [-0.3, -0.25) is 0 Å². The summed E-state index contributed by atoms with van der Waals surface area (Å²) >= 11 is 3.05. The minimum Gasteiger partial charge on any atom is -0.388 e. The second-order valence-electron chi connectivity index (χ2n) is 3.69. The highest BCUT2D eigenvalue weighted by Gasteiger charge is 2.27. The van der Waals surface area contributed by atoms with E-state index in [0.29, 0.717) is 4.47 Å². The zero-order chi connectivity index (χ0) is 13.1. The predicted octanol–water partition coefficient (Wildman–Crippen LogP) is 4.35. The molecule has 0 spiro atoms. The molecule has 96 valence electrons. The molecular formula is C11H11BrF4O. The van der Waals surface area contributed by atoms with E-state index in [4.69, 9.17) is 0 Å². The SMILES string of the molecule is OC(CCCC(F)(F)F)c1ccc(Br)cc1F. The van der Waals surface area contributed by atoms with Crippen LogP contribution < -0.4 is 0 Å². The van der Waals surface area contributed by atoms with Crippen LogP contribution in [-0.4, -0.2) is 11.3 Å². The monoisotopic (exact) mass is 314 g/mol. The molecule has 1 atom stereocenters. The predicted molar refractivity (Wildman–Crippen MR) is 59.0 cm³/mol. The molecule has 6 heteroatoms. The Hall–Kier alpha value is -0.620. The summed E-state index contributed by atoms with van der Waals surface area (Å²) in [7, 11) is 0. The van der Waals surface area contributed by atoms with Gasteiger partial charge >= 0.3 is 6.18 Å². The molecule has 0 aromatic heterocycles. The first-order valence-corrected chi connectivity index (χ1v) is 5.78. The number of hydrogen-bond acceptors (Lipinski definition) is 1. The number of halogens is 5. The van der Waals surface area contributed by atoms with Gasteiger partial charge in [-0.1, -0.05) is 22.0 Å². The van der Waals surface area contributed by atoms with Gasteiger partial charge in [0.15, 0.2) is 0 Å². The second-order valence-corrected chi connectivity index (χ2v) is 4.60. The van der Waals surface area contributed by atoms with Crippen LogP contribution in [0.2, 0.25) is 0 Å². The van der Waals surface area contributed by atoms with Crippen molar-refractivity contribution in [3.05, 3.63) is 34.1 Å². The summed E-state index contributed by atoms with van der Waals surface area (Å²) in [5, 5.41) is 9.57. The maximum Gasteiger partial charge on any atom is 0.389 e. The van der Waals surface area contributed by atoms with Gasteiger partial charge in [0.1, 0.15) is 5.82 Å². The number of aliphatic hydroxyl groups is 1. The Morgan fingerprint density at radius 1 is 1.29 bits per heavy atom. The lowest BCUT2D eigenvalue weighted by Gasteiger charge is -2.13. The van der Waals surface area contributed by atoms with E-state index in [9.17, 15) is 22.7 Å². The van der Waals surface area contributed by atoms with Crippen LogP contribution in [0.25, 0.3) is 0 Å². The first-order valence-electron chi connectivity index (χ1n) is 4.99. The number of hydrogen-bond donors (Lipinski definition) is 1. The number of aliphatic hydroxyl groups excluding tert-OH is 1. The molecule has 0 bridgehead atoms. The summed E-state index contributed by atoms with van der Waals surface area (Å²) in [5.41, 5.74) is 0.0235. The Kier molecular flexibility index (Phi) is 4.94. The highest BCUT2D eigenvalue weighted by atomic mass is 79.9. The quantitative estimate of drug-likeness (QED) is 0.819. The van der Waals surface area contributed by atoms with E-state index < -0.39 is 24.5 Å². The fourth-order valence-corrected chi connectivity index (χ4v) is 1.76.